The molecule has 2 rings (SSSR count). The van der Waals surface area contributed by atoms with Gasteiger partial charge >= 0.3 is 0 Å². The molecule has 0 aliphatic carbocycles. The Hall–Kier alpha value is -0.320. The first kappa shape index (κ1) is 14.1. The number of carbonyl (C=O) groups excluding carboxylic acids is 1. The van der Waals surface area contributed by atoms with Crippen LogP contribution in [0.4, 0.5) is 0 Å². The number of hydrogen-bond acceptors (Lipinski definition) is 3. The molecule has 1 aliphatic heterocycles. The van der Waals surface area contributed by atoms with Gasteiger partial charge in [-0.2, -0.15) is 0 Å². The third kappa shape index (κ3) is 2.98. The maximum Gasteiger partial charge on any atom is 0.217 e. The van der Waals surface area contributed by atoms with Crippen molar-refractivity contribution in [2.45, 2.75) is 26.7 Å². The average Bonchev–Trinajstić information content (AvgIpc) is 2.87. The van der Waals surface area contributed by atoms with Crippen molar-refractivity contribution in [2.24, 2.45) is 0 Å². The van der Waals surface area contributed by atoms with E-state index in [9.17, 15) is 4.79 Å². The fraction of sp³-hybridized carbons (Fsp3) is 0.357. The van der Waals surface area contributed by atoms with Crippen molar-refractivity contribution in [3.05, 3.63) is 38.4 Å². The number of hydrogen-bond donors (Lipinski definition) is 0. The van der Waals surface area contributed by atoms with Gasteiger partial charge in [0.1, 0.15) is 0 Å². The molecule has 0 fully saturated rings. The quantitative estimate of drug-likeness (QED) is 0.702. The molecule has 0 saturated heterocycles. The molecule has 0 bridgehead atoms. The summed E-state index contributed by atoms with van der Waals surface area (Å²) in [6.07, 6.45) is 3.86. The number of rotatable bonds is 4. The highest BCUT2D eigenvalue weighted by Crippen LogP contribution is 2.42. The van der Waals surface area contributed by atoms with E-state index in [4.69, 9.17) is 0 Å². The minimum absolute atomic E-state index is 0.160. The third-order valence-corrected chi connectivity index (χ3v) is 5.59. The summed E-state index contributed by atoms with van der Waals surface area (Å²) in [5.74, 6) is 0. The van der Waals surface area contributed by atoms with Gasteiger partial charge < -0.3 is 0 Å². The van der Waals surface area contributed by atoms with Crippen LogP contribution < -0.4 is 0 Å². The summed E-state index contributed by atoms with van der Waals surface area (Å²) in [5.41, 5.74) is 3.76. The van der Waals surface area contributed by atoms with Crippen LogP contribution in [0.1, 0.15) is 30.2 Å². The number of halogens is 1. The lowest BCUT2D eigenvalue weighted by Crippen LogP contribution is -1.90. The molecule has 96 valence electrons. The van der Waals surface area contributed by atoms with Crippen LogP contribution in [0.25, 0.3) is 5.57 Å². The van der Waals surface area contributed by atoms with Crippen molar-refractivity contribution in [3.63, 3.8) is 0 Å². The van der Waals surface area contributed by atoms with E-state index in [1.165, 1.54) is 32.7 Å². The lowest BCUT2D eigenvalue weighted by molar-refractivity contribution is -0.106. The fourth-order valence-electron chi connectivity index (χ4n) is 2.01. The zero-order valence-corrected chi connectivity index (χ0v) is 13.7. The molecular weight excluding hydrogens is 328 g/mol. The maximum atomic E-state index is 11.5. The molecule has 0 unspecified atom stereocenters. The van der Waals surface area contributed by atoms with E-state index in [2.05, 4.69) is 34.3 Å². The lowest BCUT2D eigenvalue weighted by atomic mass is 10.0. The minimum atomic E-state index is 0.160. The Balaban J connectivity index is 2.44. The molecule has 4 heteroatoms. The zero-order valence-electron chi connectivity index (χ0n) is 10.5. The molecule has 18 heavy (non-hydrogen) atoms. The second-order valence-corrected chi connectivity index (χ2v) is 7.01. The van der Waals surface area contributed by atoms with E-state index in [-0.39, 0.29) is 5.12 Å². The molecule has 0 aromatic carbocycles. The summed E-state index contributed by atoms with van der Waals surface area (Å²) >= 11 is 6.64. The number of thiophene rings is 1. The lowest BCUT2D eigenvalue weighted by Gasteiger charge is -2.11. The van der Waals surface area contributed by atoms with Crippen LogP contribution in [-0.4, -0.2) is 10.4 Å². The zero-order chi connectivity index (χ0) is 13.1. The Morgan fingerprint density at radius 1 is 1.39 bits per heavy atom. The van der Waals surface area contributed by atoms with Crippen molar-refractivity contribution in [3.8, 4) is 0 Å². The van der Waals surface area contributed by atoms with Gasteiger partial charge in [-0.1, -0.05) is 15.9 Å². The van der Waals surface area contributed by atoms with Gasteiger partial charge in [-0.25, -0.2) is 0 Å². The van der Waals surface area contributed by atoms with Crippen LogP contribution in [0.2, 0.25) is 0 Å². The summed E-state index contributed by atoms with van der Waals surface area (Å²) < 4.78 is 0. The molecule has 1 aromatic rings. The van der Waals surface area contributed by atoms with Crippen molar-refractivity contribution >= 4 is 49.7 Å². The van der Waals surface area contributed by atoms with Crippen molar-refractivity contribution in [1.29, 1.82) is 0 Å². The molecule has 1 aliphatic rings. The van der Waals surface area contributed by atoms with E-state index in [1.54, 1.807) is 17.4 Å². The highest BCUT2D eigenvalue weighted by molar-refractivity contribution is 9.09. The van der Waals surface area contributed by atoms with E-state index in [1.807, 2.05) is 6.92 Å². The van der Waals surface area contributed by atoms with Gasteiger partial charge in [-0.3, -0.25) is 4.79 Å². The fourth-order valence-corrected chi connectivity index (χ4v) is 4.35. The second-order valence-electron chi connectivity index (χ2n) is 4.28. The summed E-state index contributed by atoms with van der Waals surface area (Å²) in [6, 6.07) is 2.15. The Labute approximate surface area is 124 Å². The molecule has 0 radical (unpaired) electrons. The minimum Gasteiger partial charge on any atom is -0.282 e. The molecule has 0 spiro atoms. The third-order valence-electron chi connectivity index (χ3n) is 2.87. The number of carbonyl (C=O) groups is 1. The monoisotopic (exact) mass is 342 g/mol. The molecule has 0 N–H and O–H groups in total. The molecular formula is C14H15BrOS2. The van der Waals surface area contributed by atoms with E-state index < -0.39 is 0 Å². The first-order valence-electron chi connectivity index (χ1n) is 5.87. The van der Waals surface area contributed by atoms with Crippen molar-refractivity contribution < 1.29 is 4.79 Å². The number of alkyl halides is 1. The predicted octanol–water partition coefficient (Wildman–Crippen LogP) is 5.16. The van der Waals surface area contributed by atoms with Crippen LogP contribution in [0.15, 0.2) is 28.0 Å². The van der Waals surface area contributed by atoms with Gasteiger partial charge in [0.2, 0.25) is 5.12 Å². The second kappa shape index (κ2) is 6.22. The molecule has 0 amide bonds. The smallest absolute Gasteiger partial charge is 0.217 e. The number of aryl methyl sites for hydroxylation is 1. The number of allylic oxidation sites excluding steroid dienone is 2. The highest BCUT2D eigenvalue weighted by atomic mass is 79.9. The standard InChI is InChI=1S/C14H15BrOS2/c1-9-5-7-17-13(9)11(4-3-6-15)14-10(2)8-12(16)18-14/h5,7-8H,3-4,6H2,1-2H3. The molecule has 1 nitrogen and oxygen atoms in total. The Kier molecular flexibility index (Phi) is 4.87. The maximum absolute atomic E-state index is 11.5. The Bertz CT molecular complexity index is 526. The van der Waals surface area contributed by atoms with Gasteiger partial charge in [0.25, 0.3) is 0 Å². The van der Waals surface area contributed by atoms with Crippen LogP contribution in [0.5, 0.6) is 0 Å². The topological polar surface area (TPSA) is 17.1 Å². The Morgan fingerprint density at radius 3 is 2.67 bits per heavy atom. The number of thioether (sulfide) groups is 1. The summed E-state index contributed by atoms with van der Waals surface area (Å²) in [4.78, 5) is 14.1. The van der Waals surface area contributed by atoms with Crippen LogP contribution >= 0.6 is 39.0 Å². The highest BCUT2D eigenvalue weighted by Gasteiger charge is 2.21. The first-order chi connectivity index (χ1) is 8.63. The van der Waals surface area contributed by atoms with Crippen LogP contribution in [0.3, 0.4) is 0 Å². The van der Waals surface area contributed by atoms with Crippen molar-refractivity contribution in [1.82, 2.24) is 0 Å². The SMILES string of the molecule is CC1=CC(=O)SC1=C(CCCBr)c1sccc1C. The van der Waals surface area contributed by atoms with Gasteiger partial charge in [0.05, 0.1) is 0 Å². The Morgan fingerprint density at radius 2 is 2.17 bits per heavy atom. The molecule has 0 atom stereocenters. The summed E-state index contributed by atoms with van der Waals surface area (Å²) in [7, 11) is 0. The molecule has 0 saturated carbocycles. The normalized spacial score (nSPS) is 18.2. The first-order valence-corrected chi connectivity index (χ1v) is 8.69. The summed E-state index contributed by atoms with van der Waals surface area (Å²) in [5, 5.41) is 3.28. The van der Waals surface area contributed by atoms with E-state index >= 15 is 0 Å². The van der Waals surface area contributed by atoms with Crippen molar-refractivity contribution in [2.75, 3.05) is 5.33 Å². The average molecular weight is 343 g/mol. The van der Waals surface area contributed by atoms with E-state index in [0.29, 0.717) is 0 Å². The van der Waals surface area contributed by atoms with Gasteiger partial charge in [-0.15, -0.1) is 11.3 Å². The van der Waals surface area contributed by atoms with Crippen LogP contribution in [-0.2, 0) is 4.79 Å². The molecule has 2 heterocycles. The summed E-state index contributed by atoms with van der Waals surface area (Å²) in [6.45, 7) is 4.17. The molecule has 1 aromatic heterocycles. The van der Waals surface area contributed by atoms with Gasteiger partial charge in [-0.05, 0) is 72.7 Å². The predicted molar refractivity (Wildman–Crippen MR) is 85.4 cm³/mol. The largest absolute Gasteiger partial charge is 0.282 e. The van der Waals surface area contributed by atoms with Crippen LogP contribution in [0, 0.1) is 6.92 Å². The van der Waals surface area contributed by atoms with Gasteiger partial charge in [0, 0.05) is 15.1 Å². The van der Waals surface area contributed by atoms with Gasteiger partial charge in [0.15, 0.2) is 0 Å². The van der Waals surface area contributed by atoms with E-state index in [0.717, 1.165) is 23.7 Å².